The third-order valence-electron chi connectivity index (χ3n) is 6.65. The van der Waals surface area contributed by atoms with Crippen LogP contribution in [0.4, 0.5) is 0 Å². The molecule has 0 spiro atoms. The molecule has 0 heterocycles. The fourth-order valence-electron chi connectivity index (χ4n) is 6.26. The Bertz CT molecular complexity index is 791. The van der Waals surface area contributed by atoms with Crippen LogP contribution in [0.1, 0.15) is 50.5 Å². The smallest absolute Gasteiger partial charge is 0.220 e. The molecule has 148 valence electrons. The van der Waals surface area contributed by atoms with Gasteiger partial charge in [0.1, 0.15) is 0 Å². The minimum Gasteiger partial charge on any atom is -0.390 e. The van der Waals surface area contributed by atoms with Crippen molar-refractivity contribution in [1.82, 2.24) is 5.32 Å². The van der Waals surface area contributed by atoms with Crippen LogP contribution in [0.25, 0.3) is 0 Å². The molecule has 1 aromatic rings. The number of hydrogen-bond acceptors (Lipinski definition) is 4. The summed E-state index contributed by atoms with van der Waals surface area (Å²) in [6.45, 7) is 0.154. The summed E-state index contributed by atoms with van der Waals surface area (Å²) in [6.07, 6.45) is 6.20. The van der Waals surface area contributed by atoms with Crippen molar-refractivity contribution in [3.63, 3.8) is 0 Å². The molecule has 4 aliphatic rings. The lowest BCUT2D eigenvalue weighted by Crippen LogP contribution is -2.56. The van der Waals surface area contributed by atoms with Gasteiger partial charge in [0, 0.05) is 13.0 Å². The van der Waals surface area contributed by atoms with E-state index in [2.05, 4.69) is 5.32 Å². The summed E-state index contributed by atoms with van der Waals surface area (Å²) in [7, 11) is -3.25. The van der Waals surface area contributed by atoms with Crippen molar-refractivity contribution in [2.24, 2.45) is 17.3 Å². The Morgan fingerprint density at radius 3 is 2.41 bits per heavy atom. The maximum Gasteiger partial charge on any atom is 0.220 e. The van der Waals surface area contributed by atoms with Crippen LogP contribution in [0.3, 0.4) is 0 Å². The fourth-order valence-corrected chi connectivity index (χ4v) is 7.52. The quantitative estimate of drug-likeness (QED) is 0.748. The summed E-state index contributed by atoms with van der Waals surface area (Å²) in [6, 6.07) is 9.11. The average molecular weight is 392 g/mol. The molecule has 6 heteroatoms. The molecule has 2 unspecified atom stereocenters. The Morgan fingerprint density at radius 2 is 1.78 bits per heavy atom. The van der Waals surface area contributed by atoms with Gasteiger partial charge in [-0.25, -0.2) is 8.42 Å². The number of nitrogens with one attached hydrogen (secondary N) is 1. The van der Waals surface area contributed by atoms with Gasteiger partial charge >= 0.3 is 0 Å². The first kappa shape index (κ1) is 18.9. The van der Waals surface area contributed by atoms with Crippen molar-refractivity contribution in [3.8, 4) is 0 Å². The summed E-state index contributed by atoms with van der Waals surface area (Å²) in [5.41, 5.74) is 0.125. The highest BCUT2D eigenvalue weighted by Crippen LogP contribution is 2.62. The lowest BCUT2D eigenvalue weighted by Gasteiger charge is -2.60. The normalized spacial score (nSPS) is 34.6. The van der Waals surface area contributed by atoms with Crippen LogP contribution in [-0.2, 0) is 20.4 Å². The Hall–Kier alpha value is -1.40. The van der Waals surface area contributed by atoms with Gasteiger partial charge in [0.15, 0.2) is 9.84 Å². The highest BCUT2D eigenvalue weighted by atomic mass is 32.2. The standard InChI is InChI=1S/C21H29NO4S/c23-19(22-6-7-27(25,26)14-16-4-2-1-3-5-16)13-20-9-17-8-18(10-20)12-21(24,11-17)15-20/h1-5,17-18,24H,6-15H2,(H,22,23). The number of rotatable bonds is 7. The number of carbonyl (C=O) groups is 1. The molecule has 5 rings (SSSR count). The van der Waals surface area contributed by atoms with Crippen LogP contribution >= 0.6 is 0 Å². The van der Waals surface area contributed by atoms with Crippen molar-refractivity contribution < 1.29 is 18.3 Å². The fraction of sp³-hybridized carbons (Fsp3) is 0.667. The van der Waals surface area contributed by atoms with Crippen LogP contribution in [-0.4, -0.2) is 37.3 Å². The third-order valence-corrected chi connectivity index (χ3v) is 8.25. The van der Waals surface area contributed by atoms with Gasteiger partial charge in [0.2, 0.25) is 5.91 Å². The molecule has 2 atom stereocenters. The molecule has 4 saturated carbocycles. The minimum absolute atomic E-state index is 0.00401. The van der Waals surface area contributed by atoms with Crippen molar-refractivity contribution in [2.75, 3.05) is 12.3 Å². The first-order valence-electron chi connectivity index (χ1n) is 9.98. The molecule has 4 fully saturated rings. The third kappa shape index (κ3) is 4.37. The predicted molar refractivity (Wildman–Crippen MR) is 104 cm³/mol. The molecule has 0 aliphatic heterocycles. The monoisotopic (exact) mass is 391 g/mol. The van der Waals surface area contributed by atoms with Gasteiger partial charge in [0.05, 0.1) is 17.1 Å². The number of benzene rings is 1. The first-order chi connectivity index (χ1) is 12.8. The topological polar surface area (TPSA) is 83.5 Å². The number of sulfone groups is 1. The van der Waals surface area contributed by atoms with Gasteiger partial charge in [-0.15, -0.1) is 0 Å². The molecule has 0 saturated heterocycles. The molecule has 1 amide bonds. The molecular weight excluding hydrogens is 362 g/mol. The van der Waals surface area contributed by atoms with E-state index in [0.717, 1.165) is 37.7 Å². The van der Waals surface area contributed by atoms with Crippen LogP contribution in [0.15, 0.2) is 30.3 Å². The molecule has 27 heavy (non-hydrogen) atoms. The molecule has 0 radical (unpaired) electrons. The van der Waals surface area contributed by atoms with E-state index < -0.39 is 15.4 Å². The first-order valence-corrected chi connectivity index (χ1v) is 11.8. The van der Waals surface area contributed by atoms with E-state index in [0.29, 0.717) is 18.3 Å². The highest BCUT2D eigenvalue weighted by Gasteiger charge is 2.57. The van der Waals surface area contributed by atoms with Crippen molar-refractivity contribution in [1.29, 1.82) is 0 Å². The van der Waals surface area contributed by atoms with E-state index in [4.69, 9.17) is 0 Å². The Morgan fingerprint density at radius 1 is 1.11 bits per heavy atom. The summed E-state index contributed by atoms with van der Waals surface area (Å²) in [5.74, 6) is 0.987. The number of amides is 1. The maximum atomic E-state index is 12.5. The van der Waals surface area contributed by atoms with E-state index in [9.17, 15) is 18.3 Å². The highest BCUT2D eigenvalue weighted by molar-refractivity contribution is 7.90. The van der Waals surface area contributed by atoms with Crippen molar-refractivity contribution in [3.05, 3.63) is 35.9 Å². The Balaban J connectivity index is 1.28. The summed E-state index contributed by atoms with van der Waals surface area (Å²) in [4.78, 5) is 12.5. The second-order valence-corrected chi connectivity index (χ2v) is 11.5. The number of hydrogen-bond donors (Lipinski definition) is 2. The summed E-state index contributed by atoms with van der Waals surface area (Å²) in [5, 5.41) is 13.6. The van der Waals surface area contributed by atoms with E-state index in [1.165, 1.54) is 6.42 Å². The molecule has 4 bridgehead atoms. The van der Waals surface area contributed by atoms with Gasteiger partial charge < -0.3 is 10.4 Å². The van der Waals surface area contributed by atoms with Crippen LogP contribution in [0, 0.1) is 17.3 Å². The van der Waals surface area contributed by atoms with Crippen LogP contribution in [0.5, 0.6) is 0 Å². The summed E-state index contributed by atoms with van der Waals surface area (Å²) >= 11 is 0. The zero-order valence-electron chi connectivity index (χ0n) is 15.7. The van der Waals surface area contributed by atoms with Gasteiger partial charge in [-0.1, -0.05) is 30.3 Å². The summed E-state index contributed by atoms with van der Waals surface area (Å²) < 4.78 is 24.5. The number of aliphatic hydroxyl groups is 1. The predicted octanol–water partition coefficient (Wildman–Crippen LogP) is 2.44. The molecular formula is C21H29NO4S. The van der Waals surface area contributed by atoms with E-state index in [-0.39, 0.29) is 29.4 Å². The average Bonchev–Trinajstić information content (AvgIpc) is 2.52. The molecule has 0 aromatic heterocycles. The largest absolute Gasteiger partial charge is 0.390 e. The molecule has 1 aromatic carbocycles. The van der Waals surface area contributed by atoms with Crippen LogP contribution < -0.4 is 5.32 Å². The van der Waals surface area contributed by atoms with E-state index >= 15 is 0 Å². The van der Waals surface area contributed by atoms with Crippen LogP contribution in [0.2, 0.25) is 0 Å². The van der Waals surface area contributed by atoms with Crippen molar-refractivity contribution >= 4 is 15.7 Å². The number of carbonyl (C=O) groups excluding carboxylic acids is 1. The van der Waals surface area contributed by atoms with Gasteiger partial charge in [-0.05, 0) is 61.3 Å². The molecule has 4 aliphatic carbocycles. The van der Waals surface area contributed by atoms with Gasteiger partial charge in [-0.3, -0.25) is 4.79 Å². The molecule has 2 N–H and O–H groups in total. The minimum atomic E-state index is -3.25. The zero-order chi connectivity index (χ0) is 19.1. The lowest BCUT2D eigenvalue weighted by molar-refractivity contribution is -0.169. The molecule has 5 nitrogen and oxygen atoms in total. The van der Waals surface area contributed by atoms with Gasteiger partial charge in [-0.2, -0.15) is 0 Å². The SMILES string of the molecule is O=C(CC12CC3CC(CC(O)(C3)C1)C2)NCCS(=O)(=O)Cc1ccccc1. The second-order valence-electron chi connectivity index (χ2n) is 9.29. The second kappa shape index (κ2) is 6.89. The Kier molecular flexibility index (Phi) is 4.83. The Labute approximate surface area is 161 Å². The van der Waals surface area contributed by atoms with Crippen molar-refractivity contribution in [2.45, 2.75) is 56.3 Å². The maximum absolute atomic E-state index is 12.5. The lowest BCUT2D eigenvalue weighted by atomic mass is 9.47. The van der Waals surface area contributed by atoms with Gasteiger partial charge in [0.25, 0.3) is 0 Å². The zero-order valence-corrected chi connectivity index (χ0v) is 16.5. The van der Waals surface area contributed by atoms with E-state index in [1.54, 1.807) is 12.1 Å². The van der Waals surface area contributed by atoms with E-state index in [1.807, 2.05) is 18.2 Å².